The highest BCUT2D eigenvalue weighted by molar-refractivity contribution is 6.30. The van der Waals surface area contributed by atoms with E-state index in [9.17, 15) is 4.79 Å². The third-order valence-electron chi connectivity index (χ3n) is 5.85. The molecule has 7 heteroatoms. The molecule has 1 aromatic carbocycles. The first-order chi connectivity index (χ1) is 13.5. The smallest absolute Gasteiger partial charge is 0.292 e. The van der Waals surface area contributed by atoms with Crippen molar-refractivity contribution in [2.45, 2.75) is 45.7 Å². The number of nitrogens with zero attached hydrogens (tertiary/aromatic N) is 3. The second kappa shape index (κ2) is 7.76. The SMILES string of the molecule is CCN1CCc2nc(NC(c3ccc(Cl)cc3C)C3CC3)n(OC)c(=O)c2C1. The predicted octanol–water partition coefficient (Wildman–Crippen LogP) is 3.20. The van der Waals surface area contributed by atoms with Crippen molar-refractivity contribution in [3.8, 4) is 0 Å². The number of aryl methyl sites for hydroxylation is 1. The van der Waals surface area contributed by atoms with Crippen LogP contribution in [-0.2, 0) is 13.0 Å². The lowest BCUT2D eigenvalue weighted by molar-refractivity contribution is 0.153. The molecule has 1 aliphatic heterocycles. The van der Waals surface area contributed by atoms with Crippen molar-refractivity contribution in [2.75, 3.05) is 25.5 Å². The van der Waals surface area contributed by atoms with Crippen LogP contribution in [0, 0.1) is 12.8 Å². The number of hydrogen-bond acceptors (Lipinski definition) is 5. The van der Waals surface area contributed by atoms with Crippen molar-refractivity contribution in [3.63, 3.8) is 0 Å². The highest BCUT2D eigenvalue weighted by atomic mass is 35.5. The molecule has 1 fully saturated rings. The minimum Gasteiger partial charge on any atom is -0.411 e. The fourth-order valence-electron chi connectivity index (χ4n) is 4.05. The Hall–Kier alpha value is -2.05. The van der Waals surface area contributed by atoms with Crippen molar-refractivity contribution >= 4 is 17.5 Å². The summed E-state index contributed by atoms with van der Waals surface area (Å²) in [5.41, 5.74) is 3.84. The Kier molecular flexibility index (Phi) is 5.34. The van der Waals surface area contributed by atoms with Crippen LogP contribution in [0.2, 0.25) is 5.02 Å². The van der Waals surface area contributed by atoms with E-state index in [2.05, 4.69) is 30.1 Å². The summed E-state index contributed by atoms with van der Waals surface area (Å²) in [7, 11) is 1.51. The third-order valence-corrected chi connectivity index (χ3v) is 6.08. The molecule has 2 aliphatic rings. The van der Waals surface area contributed by atoms with Gasteiger partial charge in [-0.05, 0) is 55.5 Å². The van der Waals surface area contributed by atoms with E-state index < -0.39 is 0 Å². The zero-order valence-corrected chi connectivity index (χ0v) is 17.4. The Labute approximate surface area is 170 Å². The van der Waals surface area contributed by atoms with Crippen molar-refractivity contribution in [1.29, 1.82) is 0 Å². The van der Waals surface area contributed by atoms with E-state index in [1.807, 2.05) is 12.1 Å². The summed E-state index contributed by atoms with van der Waals surface area (Å²) in [6.07, 6.45) is 3.10. The van der Waals surface area contributed by atoms with E-state index >= 15 is 0 Å². The lowest BCUT2D eigenvalue weighted by Crippen LogP contribution is -2.40. The van der Waals surface area contributed by atoms with E-state index in [-0.39, 0.29) is 11.6 Å². The van der Waals surface area contributed by atoms with Gasteiger partial charge in [0.2, 0.25) is 5.95 Å². The molecular formula is C21H27ClN4O2. The topological polar surface area (TPSA) is 59.4 Å². The number of anilines is 1. The number of hydrogen-bond donors (Lipinski definition) is 1. The maximum atomic E-state index is 13.1. The molecule has 4 rings (SSSR count). The first kappa shape index (κ1) is 19.3. The standard InChI is InChI=1S/C21H27ClN4O2/c1-4-25-10-9-18-17(12-25)20(27)26(28-3)21(23-18)24-19(14-5-6-14)16-8-7-15(22)11-13(16)2/h7-8,11,14,19H,4-6,9-10,12H2,1-3H3,(H,23,24). The summed E-state index contributed by atoms with van der Waals surface area (Å²) >= 11 is 6.15. The first-order valence-corrected chi connectivity index (χ1v) is 10.3. The molecule has 0 radical (unpaired) electrons. The van der Waals surface area contributed by atoms with Crippen LogP contribution < -0.4 is 15.7 Å². The number of halogens is 1. The maximum absolute atomic E-state index is 13.1. The Morgan fingerprint density at radius 1 is 1.39 bits per heavy atom. The molecule has 0 amide bonds. The number of benzene rings is 1. The number of rotatable bonds is 6. The van der Waals surface area contributed by atoms with Gasteiger partial charge in [-0.1, -0.05) is 24.6 Å². The largest absolute Gasteiger partial charge is 0.411 e. The zero-order chi connectivity index (χ0) is 19.8. The van der Waals surface area contributed by atoms with Crippen LogP contribution in [0.5, 0.6) is 0 Å². The summed E-state index contributed by atoms with van der Waals surface area (Å²) in [5, 5.41) is 4.26. The quantitative estimate of drug-likeness (QED) is 0.804. The molecule has 1 unspecified atom stereocenters. The van der Waals surface area contributed by atoms with Crippen LogP contribution in [-0.4, -0.2) is 34.8 Å². The Morgan fingerprint density at radius 2 is 2.18 bits per heavy atom. The molecule has 2 heterocycles. The van der Waals surface area contributed by atoms with E-state index in [1.165, 1.54) is 17.4 Å². The van der Waals surface area contributed by atoms with Gasteiger partial charge in [0.05, 0.1) is 17.3 Å². The average molecular weight is 403 g/mol. The van der Waals surface area contributed by atoms with Crippen LogP contribution in [0.4, 0.5) is 5.95 Å². The van der Waals surface area contributed by atoms with Gasteiger partial charge in [-0.3, -0.25) is 9.69 Å². The Morgan fingerprint density at radius 3 is 2.82 bits per heavy atom. The predicted molar refractivity (Wildman–Crippen MR) is 111 cm³/mol. The van der Waals surface area contributed by atoms with Gasteiger partial charge in [-0.2, -0.15) is 0 Å². The number of likely N-dealkylation sites (N-methyl/N-ethyl adjacent to an activating group) is 1. The highest BCUT2D eigenvalue weighted by Crippen LogP contribution is 2.43. The van der Waals surface area contributed by atoms with Crippen LogP contribution in [0.15, 0.2) is 23.0 Å². The zero-order valence-electron chi connectivity index (χ0n) is 16.7. The molecule has 1 atom stereocenters. The molecule has 1 N–H and O–H groups in total. The lowest BCUT2D eigenvalue weighted by atomic mass is 9.97. The van der Waals surface area contributed by atoms with Gasteiger partial charge in [-0.25, -0.2) is 4.98 Å². The Bertz CT molecular complexity index is 939. The van der Waals surface area contributed by atoms with Crippen LogP contribution >= 0.6 is 11.6 Å². The second-order valence-electron chi connectivity index (χ2n) is 7.72. The molecular weight excluding hydrogens is 376 g/mol. The molecule has 1 aliphatic carbocycles. The van der Waals surface area contributed by atoms with Crippen LogP contribution in [0.1, 0.15) is 48.2 Å². The molecule has 0 saturated heterocycles. The average Bonchev–Trinajstić information content (AvgIpc) is 3.52. The lowest BCUT2D eigenvalue weighted by Gasteiger charge is -2.28. The highest BCUT2D eigenvalue weighted by Gasteiger charge is 2.35. The molecule has 150 valence electrons. The molecule has 0 bridgehead atoms. The first-order valence-electron chi connectivity index (χ1n) is 9.96. The van der Waals surface area contributed by atoms with Gasteiger partial charge in [0.15, 0.2) is 0 Å². The minimum atomic E-state index is -0.115. The third kappa shape index (κ3) is 3.63. The molecule has 2 aromatic rings. The Balaban J connectivity index is 1.72. The number of fused-ring (bicyclic) bond motifs is 1. The maximum Gasteiger partial charge on any atom is 0.292 e. The minimum absolute atomic E-state index is 0.0827. The van der Waals surface area contributed by atoms with Gasteiger partial charge in [0.25, 0.3) is 5.56 Å². The molecule has 28 heavy (non-hydrogen) atoms. The summed E-state index contributed by atoms with van der Waals surface area (Å²) in [6, 6.07) is 6.06. The second-order valence-corrected chi connectivity index (χ2v) is 8.16. The van der Waals surface area contributed by atoms with E-state index in [4.69, 9.17) is 21.4 Å². The van der Waals surface area contributed by atoms with E-state index in [0.717, 1.165) is 54.2 Å². The summed E-state index contributed by atoms with van der Waals surface area (Å²) in [6.45, 7) is 6.66. The number of aromatic nitrogens is 2. The van der Waals surface area contributed by atoms with Gasteiger partial charge >= 0.3 is 0 Å². The molecule has 1 aromatic heterocycles. The normalized spacial score (nSPS) is 17.9. The van der Waals surface area contributed by atoms with Gasteiger partial charge in [0.1, 0.15) is 7.11 Å². The van der Waals surface area contributed by atoms with Crippen molar-refractivity contribution in [3.05, 3.63) is 56.0 Å². The number of nitrogens with one attached hydrogen (secondary N) is 1. The van der Waals surface area contributed by atoms with Gasteiger partial charge in [0, 0.05) is 24.5 Å². The fourth-order valence-corrected chi connectivity index (χ4v) is 4.28. The van der Waals surface area contributed by atoms with Crippen LogP contribution in [0.3, 0.4) is 0 Å². The molecule has 0 spiro atoms. The molecule has 6 nitrogen and oxygen atoms in total. The van der Waals surface area contributed by atoms with Gasteiger partial charge in [-0.15, -0.1) is 4.73 Å². The van der Waals surface area contributed by atoms with Crippen LogP contribution in [0.25, 0.3) is 0 Å². The van der Waals surface area contributed by atoms with Crippen molar-refractivity contribution < 1.29 is 4.84 Å². The van der Waals surface area contributed by atoms with E-state index in [0.29, 0.717) is 18.4 Å². The summed E-state index contributed by atoms with van der Waals surface area (Å²) < 4.78 is 1.30. The van der Waals surface area contributed by atoms with Crippen molar-refractivity contribution in [2.24, 2.45) is 5.92 Å². The summed E-state index contributed by atoms with van der Waals surface area (Å²) in [5.74, 6) is 1.01. The summed E-state index contributed by atoms with van der Waals surface area (Å²) in [4.78, 5) is 25.6. The van der Waals surface area contributed by atoms with E-state index in [1.54, 1.807) is 0 Å². The van der Waals surface area contributed by atoms with Gasteiger partial charge < -0.3 is 10.2 Å². The fraction of sp³-hybridized carbons (Fsp3) is 0.524. The van der Waals surface area contributed by atoms with Crippen molar-refractivity contribution in [1.82, 2.24) is 14.6 Å². The monoisotopic (exact) mass is 402 g/mol. The molecule has 1 saturated carbocycles.